The fourth-order valence-corrected chi connectivity index (χ4v) is 17.0. The number of hydrogen-bond donors (Lipinski definition) is 6. The van der Waals surface area contributed by atoms with E-state index in [2.05, 4.69) is 25.9 Å². The van der Waals surface area contributed by atoms with Crippen molar-refractivity contribution >= 4 is 103 Å². The van der Waals surface area contributed by atoms with Gasteiger partial charge in [-0.15, -0.1) is 0 Å². The van der Waals surface area contributed by atoms with Gasteiger partial charge in [0.25, 0.3) is 5.69 Å². The molecule has 532 valence electrons. The van der Waals surface area contributed by atoms with Crippen LogP contribution in [0.25, 0.3) is 0 Å². The number of nitro groups is 1. The van der Waals surface area contributed by atoms with Gasteiger partial charge in [-0.1, -0.05) is 65.2 Å². The number of nitrogens with one attached hydrogen (secondary N) is 3. The van der Waals surface area contributed by atoms with Gasteiger partial charge in [-0.3, -0.25) is 46.0 Å². The normalized spacial score (nSPS) is 26.6. The summed E-state index contributed by atoms with van der Waals surface area (Å²) in [5.41, 5.74) is 15.1. The molecule has 4 aromatic carbocycles. The van der Waals surface area contributed by atoms with Crippen LogP contribution in [0, 0.1) is 57.1 Å². The van der Waals surface area contributed by atoms with E-state index in [0.717, 1.165) is 17.9 Å². The van der Waals surface area contributed by atoms with E-state index in [-0.39, 0.29) is 52.4 Å². The van der Waals surface area contributed by atoms with Crippen molar-refractivity contribution in [2.45, 2.75) is 127 Å². The zero-order valence-electron chi connectivity index (χ0n) is 56.1. The number of hydrogen-bond acceptors (Lipinski definition) is 23. The molecule has 0 unspecified atom stereocenters. The van der Waals surface area contributed by atoms with E-state index in [4.69, 9.17) is 60.3 Å². The number of fused-ring (bicyclic) bond motifs is 4. The highest BCUT2D eigenvalue weighted by Gasteiger charge is 2.52. The Morgan fingerprint density at radius 1 is 0.480 bits per heavy atom. The van der Waals surface area contributed by atoms with Crippen LogP contribution in [-0.4, -0.2) is 137 Å². The first-order chi connectivity index (χ1) is 46.2. The van der Waals surface area contributed by atoms with Gasteiger partial charge in [0.15, 0.2) is 20.7 Å². The Balaban J connectivity index is 0.000000154. The van der Waals surface area contributed by atoms with Gasteiger partial charge in [0.1, 0.15) is 40.1 Å². The molecular formula is C67H85F4N11O12S4. The van der Waals surface area contributed by atoms with Crippen LogP contribution in [0.3, 0.4) is 0 Å². The minimum absolute atomic E-state index is 0.00161. The third-order valence-electron chi connectivity index (χ3n) is 17.1. The number of nitrogens with zero attached hydrogens (tertiary/aromatic N) is 5. The number of anilines is 2. The van der Waals surface area contributed by atoms with Crippen molar-refractivity contribution in [2.24, 2.45) is 49.4 Å². The summed E-state index contributed by atoms with van der Waals surface area (Å²) in [6.45, 7) is 19.8. The molecule has 4 aromatic rings. The van der Waals surface area contributed by atoms with Crippen LogP contribution in [0.15, 0.2) is 98.8 Å². The molecule has 8 aliphatic rings. The lowest BCUT2D eigenvalue weighted by atomic mass is 9.75. The molecule has 0 spiro atoms. The summed E-state index contributed by atoms with van der Waals surface area (Å²) >= 11 is 5.66. The smallest absolute Gasteiger partial charge is 0.413 e. The second-order valence-corrected chi connectivity index (χ2v) is 31.6. The van der Waals surface area contributed by atoms with Gasteiger partial charge < -0.3 is 50.4 Å². The molecule has 8 aliphatic heterocycles. The number of nitrogen functional groups attached to an aromatic ring is 2. The third-order valence-corrected chi connectivity index (χ3v) is 21.2. The molecular weight excluding hydrogens is 1360 g/mol. The van der Waals surface area contributed by atoms with E-state index in [1.54, 1.807) is 80.5 Å². The number of aliphatic imine (C=N–C) groups is 4. The molecule has 0 bridgehead atoms. The monoisotopic (exact) mass is 1440 g/mol. The minimum atomic E-state index is -1.04. The summed E-state index contributed by atoms with van der Waals surface area (Å²) in [4.78, 5) is 65.8. The average molecular weight is 1440 g/mol. The molecule has 8 atom stereocenters. The Morgan fingerprint density at radius 3 is 1.14 bits per heavy atom. The van der Waals surface area contributed by atoms with E-state index in [1.165, 1.54) is 83.4 Å². The van der Waals surface area contributed by atoms with Crippen molar-refractivity contribution in [3.05, 3.63) is 134 Å². The summed E-state index contributed by atoms with van der Waals surface area (Å²) in [5.74, 6) is 1.23. The molecule has 0 radical (unpaired) electrons. The lowest BCUT2D eigenvalue weighted by molar-refractivity contribution is -0.385. The maximum Gasteiger partial charge on any atom is 0.413 e. The van der Waals surface area contributed by atoms with Crippen molar-refractivity contribution in [3.8, 4) is 0 Å². The number of non-ortho nitro benzene ring substituents is 1. The van der Waals surface area contributed by atoms with Crippen LogP contribution in [0.1, 0.15) is 110 Å². The van der Waals surface area contributed by atoms with Gasteiger partial charge >= 0.3 is 18.3 Å². The highest BCUT2D eigenvalue weighted by atomic mass is 32.2. The lowest BCUT2D eigenvalue weighted by Crippen LogP contribution is -2.48. The maximum absolute atomic E-state index is 14.7. The number of amidine groups is 4. The Morgan fingerprint density at radius 2 is 0.796 bits per heavy atom. The van der Waals surface area contributed by atoms with Crippen molar-refractivity contribution in [1.82, 2.24) is 16.0 Å². The van der Waals surface area contributed by atoms with Gasteiger partial charge in [-0.05, 0) is 111 Å². The van der Waals surface area contributed by atoms with Gasteiger partial charge in [0.05, 0.1) is 53.5 Å². The van der Waals surface area contributed by atoms with Crippen LogP contribution >= 0.6 is 47.0 Å². The van der Waals surface area contributed by atoms with Crippen LogP contribution in [0.5, 0.6) is 0 Å². The molecule has 3 amide bonds. The second kappa shape index (κ2) is 31.3. The number of nitrogens with two attached hydrogens (primary N) is 3. The number of halogens is 4. The molecule has 8 heterocycles. The molecule has 4 fully saturated rings. The van der Waals surface area contributed by atoms with Crippen molar-refractivity contribution in [2.75, 3.05) is 87.3 Å². The van der Waals surface area contributed by atoms with Gasteiger partial charge in [-0.2, -0.15) is 0 Å². The van der Waals surface area contributed by atoms with Gasteiger partial charge in [0, 0.05) is 145 Å². The van der Waals surface area contributed by atoms with E-state index < -0.39 is 68.0 Å². The second-order valence-electron chi connectivity index (χ2n) is 27.5. The largest absolute Gasteiger partial charge is 0.444 e. The number of rotatable bonds is 5. The first kappa shape index (κ1) is 75.3. The summed E-state index contributed by atoms with van der Waals surface area (Å²) < 4.78 is 96.2. The molecule has 12 rings (SSSR count). The fourth-order valence-electron chi connectivity index (χ4n) is 12.7. The minimum Gasteiger partial charge on any atom is -0.444 e. The summed E-state index contributed by atoms with van der Waals surface area (Å²) in [6.07, 6.45) is 0.306. The average Bonchev–Trinajstić information content (AvgIpc) is 0.782. The van der Waals surface area contributed by atoms with Crippen LogP contribution < -0.4 is 33.2 Å². The predicted molar refractivity (Wildman–Crippen MR) is 375 cm³/mol. The Hall–Kier alpha value is -6.87. The Kier molecular flexibility index (Phi) is 24.1. The molecule has 31 heteroatoms. The highest BCUT2D eigenvalue weighted by Crippen LogP contribution is 2.51. The van der Waals surface area contributed by atoms with Crippen molar-refractivity contribution < 1.29 is 70.0 Å². The van der Waals surface area contributed by atoms with E-state index >= 15 is 0 Å². The first-order valence-electron chi connectivity index (χ1n) is 32.0. The number of thioether (sulfide) groups is 4. The summed E-state index contributed by atoms with van der Waals surface area (Å²) in [7, 11) is 0. The number of alkyl carbamates (subject to hydrolysis) is 3. The molecule has 4 saturated heterocycles. The molecule has 98 heavy (non-hydrogen) atoms. The number of benzene rings is 4. The van der Waals surface area contributed by atoms with Crippen molar-refractivity contribution in [1.29, 1.82) is 0 Å². The first-order valence-corrected chi connectivity index (χ1v) is 35.9. The number of carbonyl (C=O) groups is 3. The summed E-state index contributed by atoms with van der Waals surface area (Å²) in [6, 6.07) is 19.4. The van der Waals surface area contributed by atoms with Gasteiger partial charge in [-0.25, -0.2) is 31.9 Å². The lowest BCUT2D eigenvalue weighted by Gasteiger charge is -2.44. The van der Waals surface area contributed by atoms with Crippen LogP contribution in [0.4, 0.5) is 49.0 Å². The van der Waals surface area contributed by atoms with Crippen molar-refractivity contribution in [3.63, 3.8) is 0 Å². The molecule has 0 saturated carbocycles. The molecule has 23 nitrogen and oxygen atoms in total. The molecule has 0 aromatic heterocycles. The van der Waals surface area contributed by atoms with Crippen LogP contribution in [-0.2, 0) is 55.3 Å². The van der Waals surface area contributed by atoms with Crippen LogP contribution in [0.2, 0.25) is 0 Å². The quantitative estimate of drug-likeness (QED) is 0.0355. The topological polar surface area (TPSA) is 323 Å². The zero-order valence-corrected chi connectivity index (χ0v) is 59.4. The number of nitro benzene ring substituents is 1. The summed E-state index contributed by atoms with van der Waals surface area (Å²) in [5, 5.41) is 20.9. The van der Waals surface area contributed by atoms with E-state index in [9.17, 15) is 42.1 Å². The number of carbonyl (C=O) groups excluding carboxylic acids is 3. The number of amides is 3. The molecule has 0 aliphatic carbocycles. The van der Waals surface area contributed by atoms with E-state index in [0.29, 0.717) is 145 Å². The predicted octanol–water partition coefficient (Wildman–Crippen LogP) is 12.2. The Bertz CT molecular complexity index is 3600. The highest BCUT2D eigenvalue weighted by molar-refractivity contribution is 8.14. The van der Waals surface area contributed by atoms with Gasteiger partial charge in [0.2, 0.25) is 0 Å². The fraction of sp³-hybridized carbons (Fsp3) is 0.537. The van der Waals surface area contributed by atoms with E-state index in [1.807, 2.05) is 12.1 Å². The Labute approximate surface area is 584 Å². The SMILES string of the molecule is CC(C)(C)OC(=O)NC1=N[C@@]2(c3cc(N)ccc3F)CCOC[C@@H]2CS1.CC(C)(C)OC(=O)NC1=N[C@@]2(c3cc(N)ccc3F)CCOC[C@@H]2CS1.CC(C)(C)OC(=O)NC1=N[C@@]2(c3cc([N+](=O)[O-])ccc3F)CCOC[C@@H]2CS1.NC1=N[C@@]2(c3ccccc3F)CCOC[C@@H]2CS1. The standard InChI is InChI=1S/C18H22FN3O5S.2C18H24FN3O3S.C13H15FN2OS/c1-17(2,3)27-16(23)20-15-21-18(6-7-26-9-11(18)10-28-15)13-8-12(22(24)25)4-5-14(13)19;2*1-17(2,3)25-16(23)21-15-22-18(6-7-24-9-11(18)10-26-15)13-8-12(20)4-5-14(13)19;14-11-4-2-1-3-10(11)13-5-6-17-7-9(13)8-18-12(15)16-13/h4-5,8,11H,6-7,9-10H2,1-3H3,(H,20,21,23);2*4-5,8,11H,6-7,9-10,20H2,1-3H3,(H,21,22,23);1-4,9H,5-8H2,(H2,15,16)/t3*11-,18+;9-,13+/m1111/s1. The molecule has 9 N–H and O–H groups in total. The number of ether oxygens (including phenoxy) is 7. The third kappa shape index (κ3) is 18.4. The maximum atomic E-state index is 14.7. The zero-order chi connectivity index (χ0) is 71.0.